The van der Waals surface area contributed by atoms with Gasteiger partial charge in [0.05, 0.1) is 0 Å². The lowest BCUT2D eigenvalue weighted by Crippen LogP contribution is -2.11. The number of nitrogens with one attached hydrogen (secondary N) is 2. The maximum atomic E-state index is 12.3. The summed E-state index contributed by atoms with van der Waals surface area (Å²) in [6.07, 6.45) is 1.34. The summed E-state index contributed by atoms with van der Waals surface area (Å²) >= 11 is 1.20. The molecular weight excluding hydrogens is 372 g/mol. The molecule has 0 fully saturated rings. The molecule has 2 aromatic carbocycles. The Morgan fingerprint density at radius 1 is 1.00 bits per heavy atom. The summed E-state index contributed by atoms with van der Waals surface area (Å²) in [4.78, 5) is 12.3. The number of allylic oxidation sites excluding steroid dienone is 1. The normalized spacial score (nSPS) is 9.68. The van der Waals surface area contributed by atoms with Crippen LogP contribution in [-0.2, 0) is 0 Å². The zero-order valence-electron chi connectivity index (χ0n) is 14.8. The van der Waals surface area contributed by atoms with Crippen molar-refractivity contribution in [3.63, 3.8) is 0 Å². The molecule has 1 heterocycles. The number of nitrogens with zero attached hydrogens (tertiary/aromatic N) is 4. The Morgan fingerprint density at radius 3 is 2.29 bits per heavy atom. The van der Waals surface area contributed by atoms with Crippen molar-refractivity contribution in [1.29, 1.82) is 10.5 Å². The van der Waals surface area contributed by atoms with Gasteiger partial charge in [0.25, 0.3) is 5.91 Å². The Balaban J connectivity index is 1.69. The van der Waals surface area contributed by atoms with Gasteiger partial charge in [-0.25, -0.2) is 0 Å². The summed E-state index contributed by atoms with van der Waals surface area (Å²) < 4.78 is 0. The molecule has 0 unspecified atom stereocenters. The third-order valence-corrected chi connectivity index (χ3v) is 4.66. The number of aromatic nitrogens is 2. The van der Waals surface area contributed by atoms with Crippen LogP contribution in [0.4, 0.5) is 11.4 Å². The Bertz CT molecular complexity index is 1090. The van der Waals surface area contributed by atoms with Crippen LogP contribution in [0.2, 0.25) is 0 Å². The molecule has 0 aliphatic rings. The molecule has 136 valence electrons. The van der Waals surface area contributed by atoms with Gasteiger partial charge in [0, 0.05) is 23.1 Å². The Kier molecular flexibility index (Phi) is 5.75. The Hall–Kier alpha value is -4.01. The number of anilines is 2. The van der Waals surface area contributed by atoms with Crippen molar-refractivity contribution in [2.75, 3.05) is 10.6 Å². The first kappa shape index (κ1) is 18.8. The van der Waals surface area contributed by atoms with Crippen LogP contribution in [0, 0.1) is 29.6 Å². The largest absolute Gasteiger partial charge is 0.360 e. The highest BCUT2D eigenvalue weighted by Gasteiger charge is 2.14. The van der Waals surface area contributed by atoms with Crippen molar-refractivity contribution in [3.8, 4) is 22.7 Å². The van der Waals surface area contributed by atoms with Gasteiger partial charge in [0.15, 0.2) is 0 Å². The number of amides is 1. The van der Waals surface area contributed by atoms with Crippen LogP contribution in [0.5, 0.6) is 0 Å². The van der Waals surface area contributed by atoms with Crippen LogP contribution < -0.4 is 10.6 Å². The molecule has 1 amide bonds. The SMILES string of the molecule is Cc1ccc(NC(=O)c2nnc(-c3ccc(NC=C(C#N)C#N)cc3)s2)cc1. The molecule has 3 rings (SSSR count). The molecule has 0 aliphatic carbocycles. The Labute approximate surface area is 165 Å². The highest BCUT2D eigenvalue weighted by molar-refractivity contribution is 7.16. The molecule has 8 heteroatoms. The molecule has 0 atom stereocenters. The molecule has 0 saturated heterocycles. The third-order valence-electron chi connectivity index (χ3n) is 3.68. The van der Waals surface area contributed by atoms with E-state index in [1.165, 1.54) is 17.5 Å². The highest BCUT2D eigenvalue weighted by Crippen LogP contribution is 2.25. The van der Waals surface area contributed by atoms with E-state index in [2.05, 4.69) is 20.8 Å². The topological polar surface area (TPSA) is 114 Å². The number of aryl methyl sites for hydroxylation is 1. The van der Waals surface area contributed by atoms with Crippen LogP contribution >= 0.6 is 11.3 Å². The fraction of sp³-hybridized carbons (Fsp3) is 0.0500. The maximum absolute atomic E-state index is 12.3. The maximum Gasteiger partial charge on any atom is 0.286 e. The third kappa shape index (κ3) is 4.58. The van der Waals surface area contributed by atoms with Crippen LogP contribution in [0.3, 0.4) is 0 Å². The number of benzene rings is 2. The second-order valence-corrected chi connectivity index (χ2v) is 6.71. The van der Waals surface area contributed by atoms with E-state index in [4.69, 9.17) is 10.5 Å². The van der Waals surface area contributed by atoms with Gasteiger partial charge < -0.3 is 10.6 Å². The summed E-state index contributed by atoms with van der Waals surface area (Å²) in [5.74, 6) is -0.309. The molecule has 3 aromatic rings. The summed E-state index contributed by atoms with van der Waals surface area (Å²) in [6, 6.07) is 18.3. The number of carbonyl (C=O) groups is 1. The minimum Gasteiger partial charge on any atom is -0.360 e. The molecular formula is C20H14N6OS. The second kappa shape index (κ2) is 8.58. The van der Waals surface area contributed by atoms with E-state index < -0.39 is 0 Å². The molecule has 7 nitrogen and oxygen atoms in total. The smallest absolute Gasteiger partial charge is 0.286 e. The number of nitriles is 2. The molecule has 28 heavy (non-hydrogen) atoms. The second-order valence-electron chi connectivity index (χ2n) is 5.74. The number of hydrogen-bond acceptors (Lipinski definition) is 7. The lowest BCUT2D eigenvalue weighted by molar-refractivity contribution is 0.102. The van der Waals surface area contributed by atoms with Gasteiger partial charge >= 0.3 is 0 Å². The van der Waals surface area contributed by atoms with E-state index in [1.807, 2.05) is 43.3 Å². The van der Waals surface area contributed by atoms with Crippen molar-refractivity contribution in [3.05, 3.63) is 70.9 Å². The van der Waals surface area contributed by atoms with E-state index in [0.29, 0.717) is 16.4 Å². The van der Waals surface area contributed by atoms with E-state index in [-0.39, 0.29) is 16.5 Å². The van der Waals surface area contributed by atoms with Gasteiger partial charge in [0.1, 0.15) is 22.7 Å². The van der Waals surface area contributed by atoms with Gasteiger partial charge in [0.2, 0.25) is 5.01 Å². The standard InChI is InChI=1S/C20H14N6OS/c1-13-2-6-17(7-3-13)24-18(27)20-26-25-19(28-20)15-4-8-16(9-5-15)23-12-14(10-21)11-22/h2-9,12,23H,1H3,(H,24,27). The summed E-state index contributed by atoms with van der Waals surface area (Å²) in [7, 11) is 0. The van der Waals surface area contributed by atoms with Crippen molar-refractivity contribution < 1.29 is 4.79 Å². The fourth-order valence-corrected chi connectivity index (χ4v) is 2.95. The monoisotopic (exact) mass is 386 g/mol. The van der Waals surface area contributed by atoms with Crippen LogP contribution in [0.25, 0.3) is 10.6 Å². The fourth-order valence-electron chi connectivity index (χ4n) is 2.21. The minimum atomic E-state index is -0.309. The molecule has 0 bridgehead atoms. The van der Waals surface area contributed by atoms with E-state index in [1.54, 1.807) is 24.3 Å². The molecule has 0 radical (unpaired) electrons. The van der Waals surface area contributed by atoms with E-state index in [9.17, 15) is 4.79 Å². The molecule has 1 aromatic heterocycles. The van der Waals surface area contributed by atoms with Crippen molar-refractivity contribution in [1.82, 2.24) is 10.2 Å². The van der Waals surface area contributed by atoms with E-state index >= 15 is 0 Å². The van der Waals surface area contributed by atoms with Gasteiger partial charge in [-0.1, -0.05) is 29.0 Å². The lowest BCUT2D eigenvalue weighted by Gasteiger charge is -2.02. The molecule has 0 spiro atoms. The van der Waals surface area contributed by atoms with Crippen LogP contribution in [0.1, 0.15) is 15.4 Å². The molecule has 0 aliphatic heterocycles. The quantitative estimate of drug-likeness (QED) is 0.638. The zero-order valence-corrected chi connectivity index (χ0v) is 15.6. The van der Waals surface area contributed by atoms with Crippen molar-refractivity contribution >= 4 is 28.6 Å². The molecule has 2 N–H and O–H groups in total. The van der Waals surface area contributed by atoms with Crippen molar-refractivity contribution in [2.45, 2.75) is 6.92 Å². The minimum absolute atomic E-state index is 0.0163. The number of hydrogen-bond donors (Lipinski definition) is 2. The van der Waals surface area contributed by atoms with Gasteiger partial charge in [-0.3, -0.25) is 4.79 Å². The first-order valence-corrected chi connectivity index (χ1v) is 8.99. The van der Waals surface area contributed by atoms with Gasteiger partial charge in [-0.05, 0) is 43.3 Å². The molecule has 0 saturated carbocycles. The summed E-state index contributed by atoms with van der Waals surface area (Å²) in [6.45, 7) is 1.98. The zero-order chi connectivity index (χ0) is 19.9. The lowest BCUT2D eigenvalue weighted by atomic mass is 10.2. The van der Waals surface area contributed by atoms with Gasteiger partial charge in [-0.2, -0.15) is 10.5 Å². The summed E-state index contributed by atoms with van der Waals surface area (Å²) in [5.41, 5.74) is 3.32. The number of rotatable bonds is 5. The average molecular weight is 386 g/mol. The average Bonchev–Trinajstić information content (AvgIpc) is 3.21. The van der Waals surface area contributed by atoms with Crippen LogP contribution in [0.15, 0.2) is 60.3 Å². The predicted molar refractivity (Wildman–Crippen MR) is 107 cm³/mol. The van der Waals surface area contributed by atoms with Gasteiger partial charge in [-0.15, -0.1) is 10.2 Å². The Morgan fingerprint density at radius 2 is 1.64 bits per heavy atom. The first-order chi connectivity index (χ1) is 13.6. The highest BCUT2D eigenvalue weighted by atomic mass is 32.1. The van der Waals surface area contributed by atoms with Crippen LogP contribution in [-0.4, -0.2) is 16.1 Å². The number of carbonyl (C=O) groups excluding carboxylic acids is 1. The van der Waals surface area contributed by atoms with Crippen molar-refractivity contribution in [2.24, 2.45) is 0 Å². The predicted octanol–water partition coefficient (Wildman–Crippen LogP) is 4.11. The van der Waals surface area contributed by atoms with E-state index in [0.717, 1.165) is 11.1 Å². The summed E-state index contributed by atoms with van der Waals surface area (Å²) in [5, 5.41) is 32.1. The first-order valence-electron chi connectivity index (χ1n) is 8.18.